The molecule has 3 rings (SSSR count). The summed E-state index contributed by atoms with van der Waals surface area (Å²) in [5.74, 6) is -1.73. The Morgan fingerprint density at radius 2 is 1.64 bits per heavy atom. The van der Waals surface area contributed by atoms with E-state index in [1.165, 1.54) is 5.56 Å². The fourth-order valence-electron chi connectivity index (χ4n) is 4.13. The topological polar surface area (TPSA) is 69.6 Å². The molecule has 0 spiro atoms. The number of carboxylic acid groups (broad SMARTS) is 1. The van der Waals surface area contributed by atoms with Crippen LogP contribution >= 0.6 is 0 Å². The molecule has 1 aromatic rings. The number of hydrogen-bond acceptors (Lipinski definition) is 3. The number of carbonyl (C=O) groups is 2. The minimum Gasteiger partial charge on any atom is -0.481 e. The van der Waals surface area contributed by atoms with Gasteiger partial charge in [-0.1, -0.05) is 43.2 Å². The number of carboxylic acids is 1. The molecule has 25 heavy (non-hydrogen) atoms. The van der Waals surface area contributed by atoms with E-state index in [2.05, 4.69) is 34.5 Å². The van der Waals surface area contributed by atoms with E-state index in [-0.39, 0.29) is 17.9 Å². The smallest absolute Gasteiger partial charge is 0.307 e. The largest absolute Gasteiger partial charge is 0.481 e. The van der Waals surface area contributed by atoms with Crippen LogP contribution in [0.2, 0.25) is 0 Å². The number of likely N-dealkylation sites (tertiary alicyclic amines) is 1. The summed E-state index contributed by atoms with van der Waals surface area (Å²) < 4.78 is 0. The molecule has 2 fully saturated rings. The molecule has 1 heterocycles. The van der Waals surface area contributed by atoms with Gasteiger partial charge in [0.25, 0.3) is 0 Å². The second-order valence-corrected chi connectivity index (χ2v) is 7.38. The van der Waals surface area contributed by atoms with Gasteiger partial charge in [-0.05, 0) is 31.2 Å². The fraction of sp³-hybridized carbons (Fsp3) is 0.600. The van der Waals surface area contributed by atoms with Crippen molar-refractivity contribution in [3.63, 3.8) is 0 Å². The number of nitrogens with zero attached hydrogens (tertiary/aromatic N) is 1. The minimum absolute atomic E-state index is 0.0476. The zero-order valence-electron chi connectivity index (χ0n) is 14.7. The van der Waals surface area contributed by atoms with Crippen molar-refractivity contribution in [2.24, 2.45) is 11.8 Å². The third-order valence-corrected chi connectivity index (χ3v) is 5.60. The summed E-state index contributed by atoms with van der Waals surface area (Å²) in [4.78, 5) is 26.4. The van der Waals surface area contributed by atoms with Crippen LogP contribution < -0.4 is 5.32 Å². The lowest BCUT2D eigenvalue weighted by Gasteiger charge is -2.34. The van der Waals surface area contributed by atoms with Crippen molar-refractivity contribution in [1.29, 1.82) is 0 Å². The van der Waals surface area contributed by atoms with Gasteiger partial charge in [0.2, 0.25) is 5.91 Å². The number of carbonyl (C=O) groups excluding carboxylic acids is 1. The number of piperidine rings is 1. The van der Waals surface area contributed by atoms with Crippen LogP contribution in [0.15, 0.2) is 30.3 Å². The van der Waals surface area contributed by atoms with Gasteiger partial charge in [-0.2, -0.15) is 0 Å². The summed E-state index contributed by atoms with van der Waals surface area (Å²) in [6.45, 7) is 2.88. The number of nitrogens with one attached hydrogen (secondary N) is 1. The van der Waals surface area contributed by atoms with E-state index in [0.717, 1.165) is 45.3 Å². The molecule has 136 valence electrons. The first-order chi connectivity index (χ1) is 12.1. The van der Waals surface area contributed by atoms with Crippen LogP contribution in [0.25, 0.3) is 0 Å². The lowest BCUT2D eigenvalue weighted by atomic mass is 9.78. The van der Waals surface area contributed by atoms with Gasteiger partial charge in [0, 0.05) is 25.7 Å². The summed E-state index contributed by atoms with van der Waals surface area (Å²) in [5.41, 5.74) is 1.32. The summed E-state index contributed by atoms with van der Waals surface area (Å²) in [6, 6.07) is 10.6. The molecule has 2 atom stereocenters. The van der Waals surface area contributed by atoms with Gasteiger partial charge in [0.1, 0.15) is 0 Å². The maximum atomic E-state index is 12.6. The number of hydrogen-bond donors (Lipinski definition) is 2. The fourth-order valence-corrected chi connectivity index (χ4v) is 4.13. The summed E-state index contributed by atoms with van der Waals surface area (Å²) in [5, 5.41) is 12.5. The minimum atomic E-state index is -0.822. The van der Waals surface area contributed by atoms with Gasteiger partial charge in [-0.3, -0.25) is 14.5 Å². The lowest BCUT2D eigenvalue weighted by molar-refractivity contribution is -0.149. The predicted octanol–water partition coefficient (Wildman–Crippen LogP) is 2.66. The summed E-state index contributed by atoms with van der Waals surface area (Å²) >= 11 is 0. The zero-order chi connectivity index (χ0) is 17.6. The first-order valence-corrected chi connectivity index (χ1v) is 9.43. The Balaban J connectivity index is 1.46. The van der Waals surface area contributed by atoms with Crippen LogP contribution in [-0.4, -0.2) is 41.0 Å². The van der Waals surface area contributed by atoms with Crippen molar-refractivity contribution in [3.05, 3.63) is 35.9 Å². The normalized spacial score (nSPS) is 25.4. The molecule has 1 aliphatic heterocycles. The molecule has 0 radical (unpaired) electrons. The standard InChI is InChI=1S/C20H28N2O3/c23-19(17-8-4-5-9-18(17)20(24)25)21-16-10-12-22(13-11-16)14-15-6-2-1-3-7-15/h1-3,6-7,16-18H,4-5,8-14H2,(H,21,23)(H,24,25). The maximum Gasteiger partial charge on any atom is 0.307 e. The third kappa shape index (κ3) is 4.82. The number of benzene rings is 1. The van der Waals surface area contributed by atoms with Crippen LogP contribution in [0.1, 0.15) is 44.1 Å². The Morgan fingerprint density at radius 1 is 1.00 bits per heavy atom. The first kappa shape index (κ1) is 17.9. The van der Waals surface area contributed by atoms with Crippen molar-refractivity contribution in [2.75, 3.05) is 13.1 Å². The molecule has 5 nitrogen and oxygen atoms in total. The third-order valence-electron chi connectivity index (χ3n) is 5.60. The van der Waals surface area contributed by atoms with Crippen LogP contribution in [0, 0.1) is 11.8 Å². The maximum absolute atomic E-state index is 12.6. The molecule has 1 saturated carbocycles. The molecule has 0 bridgehead atoms. The van der Waals surface area contributed by atoms with E-state index >= 15 is 0 Å². The Bertz CT molecular complexity index is 582. The van der Waals surface area contributed by atoms with E-state index in [4.69, 9.17) is 0 Å². The van der Waals surface area contributed by atoms with Gasteiger partial charge in [-0.15, -0.1) is 0 Å². The molecule has 1 aliphatic carbocycles. The quantitative estimate of drug-likeness (QED) is 0.862. The highest BCUT2D eigenvalue weighted by atomic mass is 16.4. The van der Waals surface area contributed by atoms with Gasteiger partial charge >= 0.3 is 5.97 Å². The second kappa shape index (κ2) is 8.48. The Hall–Kier alpha value is -1.88. The van der Waals surface area contributed by atoms with Gasteiger partial charge < -0.3 is 10.4 Å². The number of amides is 1. The van der Waals surface area contributed by atoms with Gasteiger partial charge in [-0.25, -0.2) is 0 Å². The Kier molecular flexibility index (Phi) is 6.08. The Labute approximate surface area is 149 Å². The molecule has 2 unspecified atom stereocenters. The first-order valence-electron chi connectivity index (χ1n) is 9.43. The van der Waals surface area contributed by atoms with Crippen molar-refractivity contribution < 1.29 is 14.7 Å². The van der Waals surface area contributed by atoms with Crippen LogP contribution in [0.3, 0.4) is 0 Å². The molecule has 1 saturated heterocycles. The SMILES string of the molecule is O=C(O)C1CCCCC1C(=O)NC1CCN(Cc2ccccc2)CC1. The highest BCUT2D eigenvalue weighted by molar-refractivity contribution is 5.85. The van der Waals surface area contributed by atoms with Crippen molar-refractivity contribution >= 4 is 11.9 Å². The molecule has 2 aliphatic rings. The van der Waals surface area contributed by atoms with Gasteiger partial charge in [0.15, 0.2) is 0 Å². The number of rotatable bonds is 5. The lowest BCUT2D eigenvalue weighted by Crippen LogP contribution is -2.48. The molecular formula is C20H28N2O3. The molecule has 0 aromatic heterocycles. The van der Waals surface area contributed by atoms with E-state index in [0.29, 0.717) is 12.8 Å². The van der Waals surface area contributed by atoms with Crippen LogP contribution in [-0.2, 0) is 16.1 Å². The predicted molar refractivity (Wildman–Crippen MR) is 96.0 cm³/mol. The average Bonchev–Trinajstić information content (AvgIpc) is 2.64. The number of aliphatic carboxylic acids is 1. The van der Waals surface area contributed by atoms with Crippen molar-refractivity contribution in [3.8, 4) is 0 Å². The summed E-state index contributed by atoms with van der Waals surface area (Å²) in [6.07, 6.45) is 5.07. The van der Waals surface area contributed by atoms with E-state index in [1.54, 1.807) is 0 Å². The van der Waals surface area contributed by atoms with E-state index < -0.39 is 11.9 Å². The Morgan fingerprint density at radius 3 is 2.28 bits per heavy atom. The highest BCUT2D eigenvalue weighted by Gasteiger charge is 2.36. The van der Waals surface area contributed by atoms with E-state index in [1.807, 2.05) is 6.07 Å². The molecule has 5 heteroatoms. The monoisotopic (exact) mass is 344 g/mol. The molecule has 1 amide bonds. The average molecular weight is 344 g/mol. The van der Waals surface area contributed by atoms with Crippen LogP contribution in [0.4, 0.5) is 0 Å². The second-order valence-electron chi connectivity index (χ2n) is 7.38. The molecule has 2 N–H and O–H groups in total. The van der Waals surface area contributed by atoms with Gasteiger partial charge in [0.05, 0.1) is 11.8 Å². The van der Waals surface area contributed by atoms with Crippen molar-refractivity contribution in [2.45, 2.75) is 51.1 Å². The van der Waals surface area contributed by atoms with Crippen LogP contribution in [0.5, 0.6) is 0 Å². The molecular weight excluding hydrogens is 316 g/mol. The summed E-state index contributed by atoms with van der Waals surface area (Å²) in [7, 11) is 0. The molecule has 1 aromatic carbocycles. The van der Waals surface area contributed by atoms with Crippen molar-refractivity contribution in [1.82, 2.24) is 10.2 Å². The van der Waals surface area contributed by atoms with E-state index in [9.17, 15) is 14.7 Å². The zero-order valence-corrected chi connectivity index (χ0v) is 14.7. The highest BCUT2D eigenvalue weighted by Crippen LogP contribution is 2.30.